The molecule has 0 amide bonds. The molecule has 2 atom stereocenters. The lowest BCUT2D eigenvalue weighted by molar-refractivity contribution is -0.427. The van der Waals surface area contributed by atoms with Gasteiger partial charge in [-0.1, -0.05) is 6.58 Å². The van der Waals surface area contributed by atoms with Gasteiger partial charge in [-0.2, -0.15) is 52.7 Å². The molecule has 0 bridgehead atoms. The highest BCUT2D eigenvalue weighted by molar-refractivity contribution is 5.87. The molecule has 0 aromatic heterocycles. The Labute approximate surface area is 208 Å². The molecule has 1 rings (SSSR count). The molecule has 1 aliphatic rings. The van der Waals surface area contributed by atoms with Crippen LogP contribution in [0.1, 0.15) is 26.2 Å². The van der Waals surface area contributed by atoms with Crippen LogP contribution in [-0.4, -0.2) is 75.8 Å². The lowest BCUT2D eigenvalue weighted by Crippen LogP contribution is -2.69. The fraction of sp³-hybridized carbons (Fsp3) is 0.850. The maximum atomic E-state index is 14.1. The highest BCUT2D eigenvalue weighted by atomic mass is 19.4. The molecule has 0 aromatic carbocycles. The summed E-state index contributed by atoms with van der Waals surface area (Å²) >= 11 is 0. The van der Waals surface area contributed by atoms with Crippen molar-refractivity contribution >= 4 is 5.97 Å². The number of carbonyl (C=O) groups excluding carboxylic acids is 1. The van der Waals surface area contributed by atoms with Crippen LogP contribution >= 0.6 is 0 Å². The first-order valence-electron chi connectivity index (χ1n) is 10.4. The van der Waals surface area contributed by atoms with Crippen LogP contribution in [0, 0.1) is 11.8 Å². The van der Waals surface area contributed by atoms with Crippen LogP contribution in [-0.2, 0) is 28.5 Å². The summed E-state index contributed by atoms with van der Waals surface area (Å²) in [6.45, 7) is 0.710. The Kier molecular flexibility index (Phi) is 10.6. The summed E-state index contributed by atoms with van der Waals surface area (Å²) in [6.07, 6.45) is -33.0. The van der Waals surface area contributed by atoms with E-state index in [0.29, 0.717) is 14.2 Å². The molecule has 0 spiro atoms. The Bertz CT molecular complexity index is 737. The SMILES string of the molecule is C=C(C)C(=O)OC1CC(C(OCOC)(C(F)(F)F)C(F)(F)F)CC(C(OCOC)(C(F)(F)F)C(F)(F)F)C1. The van der Waals surface area contributed by atoms with Crippen LogP contribution in [0.2, 0.25) is 0 Å². The molecule has 224 valence electrons. The van der Waals surface area contributed by atoms with Crippen LogP contribution in [0.4, 0.5) is 52.7 Å². The first-order chi connectivity index (χ1) is 17.0. The van der Waals surface area contributed by atoms with E-state index in [2.05, 4.69) is 30.3 Å². The lowest BCUT2D eigenvalue weighted by Gasteiger charge is -2.50. The van der Waals surface area contributed by atoms with E-state index in [0.717, 1.165) is 6.92 Å². The molecule has 6 nitrogen and oxygen atoms in total. The highest BCUT2D eigenvalue weighted by Crippen LogP contribution is 2.60. The second kappa shape index (κ2) is 11.8. The maximum Gasteiger partial charge on any atom is 0.426 e. The average Bonchev–Trinajstić information content (AvgIpc) is 2.70. The number of alkyl halides is 12. The number of ether oxygens (including phenoxy) is 5. The third-order valence-electron chi connectivity index (χ3n) is 5.93. The second-order valence-corrected chi connectivity index (χ2v) is 8.47. The minimum atomic E-state index is -6.42. The largest absolute Gasteiger partial charge is 0.459 e. The minimum absolute atomic E-state index is 0.481. The second-order valence-electron chi connectivity index (χ2n) is 8.47. The van der Waals surface area contributed by atoms with Gasteiger partial charge < -0.3 is 23.7 Å². The van der Waals surface area contributed by atoms with Crippen molar-refractivity contribution < 1.29 is 81.2 Å². The molecule has 0 N–H and O–H groups in total. The number of esters is 1. The van der Waals surface area contributed by atoms with Crippen molar-refractivity contribution in [2.24, 2.45) is 11.8 Å². The summed E-state index contributed by atoms with van der Waals surface area (Å²) in [6, 6.07) is 0. The van der Waals surface area contributed by atoms with Gasteiger partial charge in [0.25, 0.3) is 11.2 Å². The van der Waals surface area contributed by atoms with Gasteiger partial charge in [-0.15, -0.1) is 0 Å². The Morgan fingerprint density at radius 2 is 1.00 bits per heavy atom. The molecule has 0 heterocycles. The van der Waals surface area contributed by atoms with Crippen LogP contribution in [0.25, 0.3) is 0 Å². The van der Waals surface area contributed by atoms with Crippen molar-refractivity contribution in [2.75, 3.05) is 27.8 Å². The zero-order valence-corrected chi connectivity index (χ0v) is 20.0. The Morgan fingerprint density at radius 1 is 0.684 bits per heavy atom. The number of rotatable bonds is 10. The van der Waals surface area contributed by atoms with Crippen molar-refractivity contribution in [1.29, 1.82) is 0 Å². The van der Waals surface area contributed by atoms with Crippen LogP contribution in [0.15, 0.2) is 12.2 Å². The zero-order chi connectivity index (χ0) is 30.0. The predicted molar refractivity (Wildman–Crippen MR) is 101 cm³/mol. The first-order valence-corrected chi connectivity index (χ1v) is 10.4. The number of carbonyl (C=O) groups is 1. The predicted octanol–water partition coefficient (Wildman–Crippen LogP) is 5.86. The molecular formula is C20H24F12O6. The summed E-state index contributed by atoms with van der Waals surface area (Å²) < 4.78 is 190. The summed E-state index contributed by atoms with van der Waals surface area (Å²) in [5, 5.41) is 0. The highest BCUT2D eigenvalue weighted by Gasteiger charge is 2.80. The van der Waals surface area contributed by atoms with Crippen molar-refractivity contribution in [3.63, 3.8) is 0 Å². The quantitative estimate of drug-likeness (QED) is 0.138. The Morgan fingerprint density at radius 3 is 1.24 bits per heavy atom. The molecule has 1 aliphatic carbocycles. The van der Waals surface area contributed by atoms with Gasteiger partial charge in [0.05, 0.1) is 0 Å². The van der Waals surface area contributed by atoms with E-state index in [1.54, 1.807) is 0 Å². The third kappa shape index (κ3) is 6.50. The standard InChI is InChI=1S/C20H24F12O6/c1-10(2)14(33)38-13-6-11(15(17(21,22)23,18(24,25)26)36-8-34-3)5-12(7-13)16(19(27,28)29,20(30,31)32)37-9-35-4/h11-13H,1,5-9H2,2-4H3. The van der Waals surface area contributed by atoms with Crippen molar-refractivity contribution in [3.8, 4) is 0 Å². The monoisotopic (exact) mass is 588 g/mol. The van der Waals surface area contributed by atoms with Gasteiger partial charge in [-0.25, -0.2) is 4.79 Å². The van der Waals surface area contributed by atoms with Gasteiger partial charge in [0.15, 0.2) is 0 Å². The third-order valence-corrected chi connectivity index (χ3v) is 5.93. The molecule has 38 heavy (non-hydrogen) atoms. The summed E-state index contributed by atoms with van der Waals surface area (Å²) in [5.74, 6) is -7.84. The van der Waals surface area contributed by atoms with E-state index in [-0.39, 0.29) is 0 Å². The van der Waals surface area contributed by atoms with Gasteiger partial charge in [0, 0.05) is 31.6 Å². The molecule has 18 heteroatoms. The normalized spacial score (nSPS) is 22.3. The van der Waals surface area contributed by atoms with E-state index < -0.39 is 98.2 Å². The van der Waals surface area contributed by atoms with E-state index in [4.69, 9.17) is 0 Å². The maximum absolute atomic E-state index is 14.1. The first kappa shape index (κ1) is 34.2. The summed E-state index contributed by atoms with van der Waals surface area (Å²) in [7, 11) is 1.27. The molecule has 0 saturated heterocycles. The Hall–Kier alpha value is -1.79. The van der Waals surface area contributed by atoms with Crippen LogP contribution in [0.5, 0.6) is 0 Å². The van der Waals surface area contributed by atoms with Gasteiger partial charge in [0.2, 0.25) is 0 Å². The van der Waals surface area contributed by atoms with E-state index in [1.807, 2.05) is 0 Å². The molecule has 2 unspecified atom stereocenters. The van der Waals surface area contributed by atoms with Crippen molar-refractivity contribution in [2.45, 2.75) is 68.2 Å². The van der Waals surface area contributed by atoms with Crippen LogP contribution < -0.4 is 0 Å². The molecule has 0 aromatic rings. The molecule has 1 saturated carbocycles. The summed E-state index contributed by atoms with van der Waals surface area (Å²) in [4.78, 5) is 11.9. The molecule has 1 fully saturated rings. The van der Waals surface area contributed by atoms with Gasteiger partial charge in [0.1, 0.15) is 19.7 Å². The smallest absolute Gasteiger partial charge is 0.426 e. The summed E-state index contributed by atoms with van der Waals surface area (Å²) in [5.41, 5.74) is -11.1. The fourth-order valence-electron chi connectivity index (χ4n) is 4.39. The van der Waals surface area contributed by atoms with Crippen LogP contribution in [0.3, 0.4) is 0 Å². The Balaban J connectivity index is 3.95. The lowest BCUT2D eigenvalue weighted by atomic mass is 9.65. The molecule has 0 aliphatic heterocycles. The van der Waals surface area contributed by atoms with E-state index in [1.165, 1.54) is 0 Å². The van der Waals surface area contributed by atoms with Gasteiger partial charge >= 0.3 is 30.7 Å². The number of methoxy groups -OCH3 is 2. The average molecular weight is 588 g/mol. The van der Waals surface area contributed by atoms with Crippen molar-refractivity contribution in [1.82, 2.24) is 0 Å². The van der Waals surface area contributed by atoms with E-state index in [9.17, 15) is 57.5 Å². The molecular weight excluding hydrogens is 564 g/mol. The van der Waals surface area contributed by atoms with E-state index >= 15 is 0 Å². The van der Waals surface area contributed by atoms with Gasteiger partial charge in [-0.3, -0.25) is 0 Å². The topological polar surface area (TPSA) is 63.2 Å². The number of halogens is 12. The molecule has 0 radical (unpaired) electrons. The zero-order valence-electron chi connectivity index (χ0n) is 20.0. The van der Waals surface area contributed by atoms with Gasteiger partial charge in [-0.05, 0) is 26.2 Å². The number of hydrogen-bond acceptors (Lipinski definition) is 6. The minimum Gasteiger partial charge on any atom is -0.459 e. The number of hydrogen-bond donors (Lipinski definition) is 0. The van der Waals surface area contributed by atoms with Crippen molar-refractivity contribution in [3.05, 3.63) is 12.2 Å². The fourth-order valence-corrected chi connectivity index (χ4v) is 4.39.